The van der Waals surface area contributed by atoms with E-state index in [1.54, 1.807) is 6.07 Å². The van der Waals surface area contributed by atoms with E-state index in [-0.39, 0.29) is 10.8 Å². The lowest BCUT2D eigenvalue weighted by Crippen LogP contribution is -1.84. The first-order valence-electron chi connectivity index (χ1n) is 3.42. The van der Waals surface area contributed by atoms with E-state index in [1.807, 2.05) is 12.2 Å². The van der Waals surface area contributed by atoms with Gasteiger partial charge in [-0.3, -0.25) is 0 Å². The normalized spacial score (nSPS) is 13.6. The van der Waals surface area contributed by atoms with Gasteiger partial charge in [-0.25, -0.2) is 4.39 Å². The van der Waals surface area contributed by atoms with Crippen molar-refractivity contribution in [1.82, 2.24) is 0 Å². The van der Waals surface area contributed by atoms with Crippen LogP contribution >= 0.6 is 11.6 Å². The molecule has 1 aromatic rings. The topological polar surface area (TPSA) is 0 Å². The summed E-state index contributed by atoms with van der Waals surface area (Å²) in [7, 11) is 0. The van der Waals surface area contributed by atoms with Gasteiger partial charge >= 0.3 is 0 Å². The largest absolute Gasteiger partial charge is 0.205 e. The maximum atomic E-state index is 12.8. The van der Waals surface area contributed by atoms with Crippen LogP contribution in [0.1, 0.15) is 11.1 Å². The Balaban J connectivity index is 2.63. The summed E-state index contributed by atoms with van der Waals surface area (Å²) in [6, 6.07) is 3.16. The van der Waals surface area contributed by atoms with Crippen LogP contribution < -0.4 is 0 Å². The Morgan fingerprint density at radius 1 is 1.36 bits per heavy atom. The highest BCUT2D eigenvalue weighted by Crippen LogP contribution is 2.25. The van der Waals surface area contributed by atoms with Gasteiger partial charge in [0, 0.05) is 0 Å². The molecule has 0 unspecified atom stereocenters. The summed E-state index contributed by atoms with van der Waals surface area (Å²) in [5, 5.41) is 0.204. The molecule has 0 atom stereocenters. The average molecular weight is 169 g/mol. The molecule has 0 nitrogen and oxygen atoms in total. The standard InChI is InChI=1S/C9H6ClF/c10-8-4-6-2-1-3-7(6)5-9(8)11/h1-2,4-5H,3H2. The molecule has 0 radical (unpaired) electrons. The molecule has 0 amide bonds. The molecule has 0 aliphatic heterocycles. The van der Waals surface area contributed by atoms with Gasteiger partial charge < -0.3 is 0 Å². The number of rotatable bonds is 0. The second kappa shape index (κ2) is 2.35. The van der Waals surface area contributed by atoms with Gasteiger partial charge in [0.15, 0.2) is 0 Å². The molecular formula is C9H6ClF. The zero-order valence-electron chi connectivity index (χ0n) is 5.77. The van der Waals surface area contributed by atoms with Crippen molar-refractivity contribution in [2.75, 3.05) is 0 Å². The Hall–Kier alpha value is -0.820. The third-order valence-corrected chi connectivity index (χ3v) is 2.11. The molecule has 0 N–H and O–H groups in total. The first kappa shape index (κ1) is 6.86. The Labute approximate surface area is 69.3 Å². The van der Waals surface area contributed by atoms with Crippen LogP contribution in [0.15, 0.2) is 18.2 Å². The van der Waals surface area contributed by atoms with Gasteiger partial charge in [0.25, 0.3) is 0 Å². The van der Waals surface area contributed by atoms with Crippen LogP contribution in [0.3, 0.4) is 0 Å². The van der Waals surface area contributed by atoms with Gasteiger partial charge in [0.1, 0.15) is 5.82 Å². The van der Waals surface area contributed by atoms with Crippen LogP contribution in [0.25, 0.3) is 6.08 Å². The summed E-state index contributed by atoms with van der Waals surface area (Å²) in [5.74, 6) is -0.325. The van der Waals surface area contributed by atoms with Gasteiger partial charge in [0.2, 0.25) is 0 Å². The van der Waals surface area contributed by atoms with Crippen molar-refractivity contribution in [1.29, 1.82) is 0 Å². The zero-order valence-corrected chi connectivity index (χ0v) is 6.53. The second-order valence-corrected chi connectivity index (χ2v) is 2.98. The van der Waals surface area contributed by atoms with E-state index >= 15 is 0 Å². The van der Waals surface area contributed by atoms with E-state index in [0.29, 0.717) is 0 Å². The van der Waals surface area contributed by atoms with Gasteiger partial charge in [-0.15, -0.1) is 0 Å². The Morgan fingerprint density at radius 3 is 3.00 bits per heavy atom. The molecule has 0 heterocycles. The SMILES string of the molecule is Fc1cc2c(cc1Cl)C=CC2. The summed E-state index contributed by atoms with van der Waals surface area (Å²) in [6.07, 6.45) is 4.78. The van der Waals surface area contributed by atoms with E-state index in [2.05, 4.69) is 0 Å². The number of hydrogen-bond acceptors (Lipinski definition) is 0. The van der Waals surface area contributed by atoms with E-state index in [4.69, 9.17) is 11.6 Å². The van der Waals surface area contributed by atoms with Crippen LogP contribution in [0.2, 0.25) is 5.02 Å². The van der Waals surface area contributed by atoms with Crippen molar-refractivity contribution >= 4 is 17.7 Å². The van der Waals surface area contributed by atoms with E-state index < -0.39 is 0 Å². The quantitative estimate of drug-likeness (QED) is 0.559. The smallest absolute Gasteiger partial charge is 0.142 e. The fourth-order valence-electron chi connectivity index (χ4n) is 1.25. The first-order valence-corrected chi connectivity index (χ1v) is 3.79. The molecule has 2 rings (SSSR count). The molecule has 0 fully saturated rings. The molecule has 0 saturated heterocycles. The van der Waals surface area contributed by atoms with Crippen LogP contribution in [0.5, 0.6) is 0 Å². The van der Waals surface area contributed by atoms with E-state index in [0.717, 1.165) is 17.5 Å². The molecule has 0 aromatic heterocycles. The van der Waals surface area contributed by atoms with Crippen molar-refractivity contribution < 1.29 is 4.39 Å². The molecule has 0 spiro atoms. The Kier molecular flexibility index (Phi) is 1.46. The minimum atomic E-state index is -0.325. The van der Waals surface area contributed by atoms with Crippen molar-refractivity contribution in [3.05, 3.63) is 40.2 Å². The van der Waals surface area contributed by atoms with Crippen molar-refractivity contribution in [3.63, 3.8) is 0 Å². The van der Waals surface area contributed by atoms with E-state index in [1.165, 1.54) is 6.07 Å². The second-order valence-electron chi connectivity index (χ2n) is 2.57. The molecule has 0 saturated carbocycles. The van der Waals surface area contributed by atoms with Gasteiger partial charge in [-0.1, -0.05) is 23.8 Å². The predicted octanol–water partition coefficient (Wildman–Crippen LogP) is 3.05. The minimum Gasteiger partial charge on any atom is -0.205 e. The highest BCUT2D eigenvalue weighted by molar-refractivity contribution is 6.30. The third-order valence-electron chi connectivity index (χ3n) is 1.82. The van der Waals surface area contributed by atoms with Crippen molar-refractivity contribution in [2.24, 2.45) is 0 Å². The van der Waals surface area contributed by atoms with Crippen LogP contribution in [0.4, 0.5) is 4.39 Å². The minimum absolute atomic E-state index is 0.204. The molecule has 11 heavy (non-hydrogen) atoms. The highest BCUT2D eigenvalue weighted by atomic mass is 35.5. The van der Waals surface area contributed by atoms with Crippen LogP contribution in [-0.2, 0) is 6.42 Å². The molecule has 1 aliphatic rings. The van der Waals surface area contributed by atoms with Crippen LogP contribution in [0, 0.1) is 5.82 Å². The lowest BCUT2D eigenvalue weighted by molar-refractivity contribution is 0.626. The summed E-state index contributed by atoms with van der Waals surface area (Å²) < 4.78 is 12.8. The molecule has 56 valence electrons. The zero-order chi connectivity index (χ0) is 7.84. The number of benzene rings is 1. The summed E-state index contributed by atoms with van der Waals surface area (Å²) in [5.41, 5.74) is 2.06. The number of halogens is 2. The molecule has 2 heteroatoms. The molecule has 1 aromatic carbocycles. The highest BCUT2D eigenvalue weighted by Gasteiger charge is 2.08. The third kappa shape index (κ3) is 1.05. The maximum absolute atomic E-state index is 12.8. The van der Waals surface area contributed by atoms with Gasteiger partial charge in [-0.2, -0.15) is 0 Å². The molecular weight excluding hydrogens is 163 g/mol. The number of allylic oxidation sites excluding steroid dienone is 1. The molecule has 0 bridgehead atoms. The summed E-state index contributed by atoms with van der Waals surface area (Å²) in [6.45, 7) is 0. The van der Waals surface area contributed by atoms with Gasteiger partial charge in [0.05, 0.1) is 5.02 Å². The van der Waals surface area contributed by atoms with Gasteiger partial charge in [-0.05, 0) is 29.7 Å². The predicted molar refractivity (Wildman–Crippen MR) is 44.1 cm³/mol. The summed E-state index contributed by atoms with van der Waals surface area (Å²) >= 11 is 5.58. The van der Waals surface area contributed by atoms with Crippen molar-refractivity contribution in [2.45, 2.75) is 6.42 Å². The number of fused-ring (bicyclic) bond motifs is 1. The summed E-state index contributed by atoms with van der Waals surface area (Å²) in [4.78, 5) is 0. The fraction of sp³-hybridized carbons (Fsp3) is 0.111. The molecule has 1 aliphatic carbocycles. The lowest BCUT2D eigenvalue weighted by Gasteiger charge is -1.99. The van der Waals surface area contributed by atoms with E-state index in [9.17, 15) is 4.39 Å². The van der Waals surface area contributed by atoms with Crippen LogP contribution in [-0.4, -0.2) is 0 Å². The number of hydrogen-bond donors (Lipinski definition) is 0. The Bertz CT molecular complexity index is 329. The fourth-order valence-corrected chi connectivity index (χ4v) is 1.42. The monoisotopic (exact) mass is 168 g/mol. The average Bonchev–Trinajstić information content (AvgIpc) is 2.36. The Morgan fingerprint density at radius 2 is 2.18 bits per heavy atom. The van der Waals surface area contributed by atoms with Crippen molar-refractivity contribution in [3.8, 4) is 0 Å². The lowest BCUT2D eigenvalue weighted by atomic mass is 10.1. The first-order chi connectivity index (χ1) is 5.27. The maximum Gasteiger partial charge on any atom is 0.142 e.